The van der Waals surface area contributed by atoms with Gasteiger partial charge < -0.3 is 10.3 Å². The van der Waals surface area contributed by atoms with Gasteiger partial charge in [-0.1, -0.05) is 0 Å². The van der Waals surface area contributed by atoms with Crippen LogP contribution in [0.25, 0.3) is 27.8 Å². The third kappa shape index (κ3) is 1.95. The second-order valence-corrected chi connectivity index (χ2v) is 5.50. The Morgan fingerprint density at radius 2 is 2.08 bits per heavy atom. The lowest BCUT2D eigenvalue weighted by Crippen LogP contribution is -1.98. The maximum absolute atomic E-state index is 4.51. The minimum Gasteiger partial charge on any atom is -0.361 e. The lowest BCUT2D eigenvalue weighted by molar-refractivity contribution is 1.09. The van der Waals surface area contributed by atoms with Crippen LogP contribution >= 0.6 is 0 Å². The van der Waals surface area contributed by atoms with E-state index in [1.807, 2.05) is 47.4 Å². The molecule has 0 saturated carbocycles. The SMILES string of the molecule is c1cn2c(-c3cn[nH]c3)cnc2c(Nc2ccc3[nH]ccc3c2)n1. The van der Waals surface area contributed by atoms with Crippen LogP contribution in [0.5, 0.6) is 0 Å². The number of hydrogen-bond donors (Lipinski definition) is 3. The molecular formula is C17H13N7. The van der Waals surface area contributed by atoms with Crippen molar-refractivity contribution < 1.29 is 0 Å². The summed E-state index contributed by atoms with van der Waals surface area (Å²) in [5.41, 5.74) is 4.78. The number of imidazole rings is 1. The lowest BCUT2D eigenvalue weighted by Gasteiger charge is -2.07. The second kappa shape index (κ2) is 4.95. The number of hydrogen-bond acceptors (Lipinski definition) is 4. The Kier molecular flexibility index (Phi) is 2.66. The van der Waals surface area contributed by atoms with E-state index in [2.05, 4.69) is 36.5 Å². The van der Waals surface area contributed by atoms with Gasteiger partial charge in [-0.15, -0.1) is 0 Å². The first-order valence-electron chi connectivity index (χ1n) is 7.54. The molecule has 5 rings (SSSR count). The zero-order valence-electron chi connectivity index (χ0n) is 12.6. The van der Waals surface area contributed by atoms with Gasteiger partial charge in [-0.3, -0.25) is 9.50 Å². The highest BCUT2D eigenvalue weighted by Crippen LogP contribution is 2.25. The highest BCUT2D eigenvalue weighted by Gasteiger charge is 2.11. The molecule has 3 N–H and O–H groups in total. The lowest BCUT2D eigenvalue weighted by atomic mass is 10.2. The molecule has 0 aliphatic rings. The third-order valence-corrected chi connectivity index (χ3v) is 4.04. The number of benzene rings is 1. The zero-order chi connectivity index (χ0) is 15.9. The molecular weight excluding hydrogens is 302 g/mol. The molecule has 7 nitrogen and oxygen atoms in total. The smallest absolute Gasteiger partial charge is 0.180 e. The summed E-state index contributed by atoms with van der Waals surface area (Å²) in [6.07, 6.45) is 11.0. The van der Waals surface area contributed by atoms with Gasteiger partial charge in [0.2, 0.25) is 0 Å². The van der Waals surface area contributed by atoms with Crippen molar-refractivity contribution >= 4 is 28.1 Å². The van der Waals surface area contributed by atoms with E-state index < -0.39 is 0 Å². The summed E-state index contributed by atoms with van der Waals surface area (Å²) >= 11 is 0. The van der Waals surface area contributed by atoms with Crippen LogP contribution in [0.1, 0.15) is 0 Å². The van der Waals surface area contributed by atoms with Crippen molar-refractivity contribution in [2.45, 2.75) is 0 Å². The number of aromatic amines is 2. The minimum absolute atomic E-state index is 0.710. The number of aromatic nitrogens is 6. The minimum atomic E-state index is 0.710. The van der Waals surface area contributed by atoms with Gasteiger partial charge in [0.1, 0.15) is 0 Å². The second-order valence-electron chi connectivity index (χ2n) is 5.50. The van der Waals surface area contributed by atoms with Crippen LogP contribution in [0.4, 0.5) is 11.5 Å². The fourth-order valence-electron chi connectivity index (χ4n) is 2.88. The van der Waals surface area contributed by atoms with E-state index in [1.54, 1.807) is 12.4 Å². The van der Waals surface area contributed by atoms with E-state index >= 15 is 0 Å². The monoisotopic (exact) mass is 315 g/mol. The number of fused-ring (bicyclic) bond motifs is 2. The van der Waals surface area contributed by atoms with Crippen LogP contribution in [-0.4, -0.2) is 29.5 Å². The van der Waals surface area contributed by atoms with Gasteiger partial charge in [-0.05, 0) is 24.3 Å². The predicted molar refractivity (Wildman–Crippen MR) is 92.2 cm³/mol. The summed E-state index contributed by atoms with van der Waals surface area (Å²) in [6, 6.07) is 8.18. The molecule has 5 aromatic rings. The van der Waals surface area contributed by atoms with Crippen LogP contribution in [0.3, 0.4) is 0 Å². The molecule has 1 aromatic carbocycles. The highest BCUT2D eigenvalue weighted by atomic mass is 15.1. The van der Waals surface area contributed by atoms with Gasteiger partial charge in [0.25, 0.3) is 0 Å². The van der Waals surface area contributed by atoms with Crippen molar-refractivity contribution in [2.75, 3.05) is 5.32 Å². The van der Waals surface area contributed by atoms with Crippen LogP contribution in [0.15, 0.2) is 61.4 Å². The standard InChI is InChI=1S/C17H13N7/c1-2-14-11(3-4-18-14)7-13(1)23-16-17-20-10-15(12-8-21-22-9-12)24(17)6-5-19-16/h1-10,18H,(H,19,23)(H,21,22). The zero-order valence-corrected chi connectivity index (χ0v) is 12.6. The number of H-pyrrole nitrogens is 2. The molecule has 4 aromatic heterocycles. The Morgan fingerprint density at radius 1 is 1.08 bits per heavy atom. The van der Waals surface area contributed by atoms with Crippen molar-refractivity contribution in [3.63, 3.8) is 0 Å². The van der Waals surface area contributed by atoms with Gasteiger partial charge in [-0.2, -0.15) is 5.10 Å². The molecule has 0 spiro atoms. The molecule has 7 heteroatoms. The molecule has 0 atom stereocenters. The summed E-state index contributed by atoms with van der Waals surface area (Å²) in [4.78, 5) is 12.1. The number of rotatable bonds is 3. The van der Waals surface area contributed by atoms with Crippen molar-refractivity contribution in [3.8, 4) is 11.3 Å². The van der Waals surface area contributed by atoms with E-state index in [4.69, 9.17) is 0 Å². The molecule has 4 heterocycles. The number of anilines is 2. The van der Waals surface area contributed by atoms with Crippen molar-refractivity contribution in [1.82, 2.24) is 29.5 Å². The first kappa shape index (κ1) is 12.9. The Bertz CT molecular complexity index is 1130. The number of nitrogens with one attached hydrogen (secondary N) is 3. The summed E-state index contributed by atoms with van der Waals surface area (Å²) in [5, 5.41) is 11.3. The van der Waals surface area contributed by atoms with Gasteiger partial charge in [0, 0.05) is 46.9 Å². The summed E-state index contributed by atoms with van der Waals surface area (Å²) in [5.74, 6) is 0.710. The highest BCUT2D eigenvalue weighted by molar-refractivity contribution is 5.85. The molecule has 0 aliphatic carbocycles. The summed E-state index contributed by atoms with van der Waals surface area (Å²) in [6.45, 7) is 0. The first-order chi connectivity index (χ1) is 11.9. The van der Waals surface area contributed by atoms with Crippen LogP contribution < -0.4 is 5.32 Å². The van der Waals surface area contributed by atoms with E-state index in [1.165, 1.54) is 0 Å². The van der Waals surface area contributed by atoms with Gasteiger partial charge in [0.15, 0.2) is 11.5 Å². The average molecular weight is 315 g/mol. The molecule has 24 heavy (non-hydrogen) atoms. The normalized spacial score (nSPS) is 11.3. The third-order valence-electron chi connectivity index (χ3n) is 4.04. The van der Waals surface area contributed by atoms with Crippen LogP contribution in [-0.2, 0) is 0 Å². The number of nitrogens with zero attached hydrogens (tertiary/aromatic N) is 4. The molecule has 0 fully saturated rings. The Morgan fingerprint density at radius 3 is 3.00 bits per heavy atom. The van der Waals surface area contributed by atoms with E-state index in [0.717, 1.165) is 33.5 Å². The first-order valence-corrected chi connectivity index (χ1v) is 7.54. The average Bonchev–Trinajstić information content (AvgIpc) is 3.34. The van der Waals surface area contributed by atoms with Crippen LogP contribution in [0, 0.1) is 0 Å². The maximum atomic E-state index is 4.51. The predicted octanol–water partition coefficient (Wildman–Crippen LogP) is 3.34. The fraction of sp³-hybridized carbons (Fsp3) is 0. The molecule has 0 amide bonds. The maximum Gasteiger partial charge on any atom is 0.180 e. The molecule has 116 valence electrons. The Balaban J connectivity index is 1.59. The molecule has 0 unspecified atom stereocenters. The molecule has 0 bridgehead atoms. The van der Waals surface area contributed by atoms with E-state index in [0.29, 0.717) is 5.82 Å². The van der Waals surface area contributed by atoms with Crippen molar-refractivity contribution in [2.24, 2.45) is 0 Å². The van der Waals surface area contributed by atoms with Gasteiger partial charge >= 0.3 is 0 Å². The van der Waals surface area contributed by atoms with Gasteiger partial charge in [0.05, 0.1) is 18.1 Å². The van der Waals surface area contributed by atoms with Crippen molar-refractivity contribution in [1.29, 1.82) is 0 Å². The van der Waals surface area contributed by atoms with E-state index in [-0.39, 0.29) is 0 Å². The Hall–Kier alpha value is -3.61. The van der Waals surface area contributed by atoms with E-state index in [9.17, 15) is 0 Å². The summed E-state index contributed by atoms with van der Waals surface area (Å²) < 4.78 is 2.00. The van der Waals surface area contributed by atoms with Gasteiger partial charge in [-0.25, -0.2) is 9.97 Å². The fourth-order valence-corrected chi connectivity index (χ4v) is 2.88. The molecule has 0 aliphatic heterocycles. The largest absolute Gasteiger partial charge is 0.361 e. The summed E-state index contributed by atoms with van der Waals surface area (Å²) in [7, 11) is 0. The Labute approximate surface area is 136 Å². The topological polar surface area (TPSA) is 86.7 Å². The molecule has 0 saturated heterocycles. The molecule has 0 radical (unpaired) electrons. The quantitative estimate of drug-likeness (QED) is 0.476. The van der Waals surface area contributed by atoms with Crippen molar-refractivity contribution in [3.05, 3.63) is 61.4 Å². The van der Waals surface area contributed by atoms with Crippen LogP contribution in [0.2, 0.25) is 0 Å².